The second-order valence-electron chi connectivity index (χ2n) is 8.03. The maximum atomic E-state index is 12.5. The lowest BCUT2D eigenvalue weighted by atomic mass is 9.86. The Morgan fingerprint density at radius 2 is 1.85 bits per heavy atom. The molecule has 0 radical (unpaired) electrons. The van der Waals surface area contributed by atoms with Gasteiger partial charge in [0, 0.05) is 22.0 Å². The Hall–Kier alpha value is -2.88. The molecule has 2 heterocycles. The summed E-state index contributed by atoms with van der Waals surface area (Å²) in [6.07, 6.45) is 0.313. The number of hydrogen-bond acceptors (Lipinski definition) is 2. The Morgan fingerprint density at radius 1 is 1.08 bits per heavy atom. The van der Waals surface area contributed by atoms with Crippen LogP contribution in [0, 0.1) is 0 Å². The smallest absolute Gasteiger partial charge is 0.228 e. The SMILES string of the molecule is CC(=O)c1ccc2c(c1)-c1[nH]c3ccc(C(C)(C)C)cc3c1CC(=O)N2. The normalized spacial score (nSPS) is 13.8. The number of carbonyl (C=O) groups is 2. The summed E-state index contributed by atoms with van der Waals surface area (Å²) in [5, 5.41) is 4.03. The zero-order valence-corrected chi connectivity index (χ0v) is 15.5. The third-order valence-electron chi connectivity index (χ3n) is 5.08. The van der Waals surface area contributed by atoms with Crippen LogP contribution in [0.1, 0.15) is 49.2 Å². The maximum Gasteiger partial charge on any atom is 0.228 e. The van der Waals surface area contributed by atoms with Gasteiger partial charge in [-0.1, -0.05) is 26.8 Å². The minimum atomic E-state index is -0.0392. The third-order valence-corrected chi connectivity index (χ3v) is 5.08. The van der Waals surface area contributed by atoms with Crippen molar-refractivity contribution in [1.82, 2.24) is 4.98 Å². The van der Waals surface area contributed by atoms with E-state index in [0.717, 1.165) is 33.4 Å². The van der Waals surface area contributed by atoms with E-state index < -0.39 is 0 Å². The van der Waals surface area contributed by atoms with Gasteiger partial charge >= 0.3 is 0 Å². The van der Waals surface area contributed by atoms with Crippen molar-refractivity contribution in [3.63, 3.8) is 0 Å². The van der Waals surface area contributed by atoms with E-state index in [9.17, 15) is 9.59 Å². The number of carbonyl (C=O) groups excluding carboxylic acids is 2. The molecule has 4 nitrogen and oxygen atoms in total. The second kappa shape index (κ2) is 5.56. The van der Waals surface area contributed by atoms with Gasteiger partial charge in [-0.05, 0) is 53.8 Å². The van der Waals surface area contributed by atoms with Crippen LogP contribution in [0.4, 0.5) is 5.69 Å². The van der Waals surface area contributed by atoms with Crippen LogP contribution in [0.5, 0.6) is 0 Å². The minimum Gasteiger partial charge on any atom is -0.354 e. The van der Waals surface area contributed by atoms with E-state index >= 15 is 0 Å². The molecule has 0 fully saturated rings. The molecule has 0 unspecified atom stereocenters. The van der Waals surface area contributed by atoms with E-state index in [4.69, 9.17) is 0 Å². The van der Waals surface area contributed by atoms with Gasteiger partial charge in [0.1, 0.15) is 0 Å². The topological polar surface area (TPSA) is 62.0 Å². The molecular weight excluding hydrogens is 324 g/mol. The quantitative estimate of drug-likeness (QED) is 0.620. The summed E-state index contributed by atoms with van der Waals surface area (Å²) in [7, 11) is 0. The molecule has 0 saturated carbocycles. The molecule has 2 N–H and O–H groups in total. The van der Waals surface area contributed by atoms with Crippen LogP contribution in [0.3, 0.4) is 0 Å². The van der Waals surface area contributed by atoms with Crippen LogP contribution in [0.2, 0.25) is 0 Å². The molecule has 3 aromatic rings. The molecule has 1 aromatic heterocycles. The zero-order chi connectivity index (χ0) is 18.6. The Balaban J connectivity index is 2.01. The number of ketones is 1. The number of H-pyrrole nitrogens is 1. The van der Waals surface area contributed by atoms with Crippen molar-refractivity contribution in [1.29, 1.82) is 0 Å². The summed E-state index contributed by atoms with van der Waals surface area (Å²) >= 11 is 0. The summed E-state index contributed by atoms with van der Waals surface area (Å²) < 4.78 is 0. The molecule has 4 rings (SSSR count). The van der Waals surface area contributed by atoms with Crippen LogP contribution < -0.4 is 5.32 Å². The maximum absolute atomic E-state index is 12.5. The fraction of sp³-hybridized carbons (Fsp3) is 0.273. The Bertz CT molecular complexity index is 1070. The fourth-order valence-electron chi connectivity index (χ4n) is 3.56. The zero-order valence-electron chi connectivity index (χ0n) is 15.5. The lowest BCUT2D eigenvalue weighted by Gasteiger charge is -2.19. The molecule has 0 bridgehead atoms. The third kappa shape index (κ3) is 2.62. The van der Waals surface area contributed by atoms with Crippen molar-refractivity contribution < 1.29 is 9.59 Å². The summed E-state index contributed by atoms with van der Waals surface area (Å²) in [5.74, 6) is -0.0290. The Labute approximate surface area is 152 Å². The largest absolute Gasteiger partial charge is 0.354 e. The molecule has 0 saturated heterocycles. The van der Waals surface area contributed by atoms with Gasteiger partial charge in [-0.15, -0.1) is 0 Å². The average molecular weight is 346 g/mol. The van der Waals surface area contributed by atoms with E-state index in [0.29, 0.717) is 12.0 Å². The van der Waals surface area contributed by atoms with Gasteiger partial charge in [0.15, 0.2) is 5.78 Å². The highest BCUT2D eigenvalue weighted by Crippen LogP contribution is 2.39. The van der Waals surface area contributed by atoms with Gasteiger partial charge < -0.3 is 10.3 Å². The molecule has 132 valence electrons. The predicted octanol–water partition coefficient (Wildman–Crippen LogP) is 4.83. The van der Waals surface area contributed by atoms with Gasteiger partial charge in [0.05, 0.1) is 17.8 Å². The van der Waals surface area contributed by atoms with Gasteiger partial charge in [0.25, 0.3) is 0 Å². The van der Waals surface area contributed by atoms with E-state index in [1.807, 2.05) is 12.1 Å². The average Bonchev–Trinajstić information content (AvgIpc) is 2.85. The molecule has 1 aliphatic heterocycles. The number of aromatic nitrogens is 1. The van der Waals surface area contributed by atoms with Crippen molar-refractivity contribution >= 4 is 28.3 Å². The summed E-state index contributed by atoms with van der Waals surface area (Å²) in [6.45, 7) is 8.10. The van der Waals surface area contributed by atoms with Gasteiger partial charge in [0.2, 0.25) is 5.91 Å². The number of amides is 1. The fourth-order valence-corrected chi connectivity index (χ4v) is 3.56. The number of rotatable bonds is 1. The first-order valence-corrected chi connectivity index (χ1v) is 8.84. The first-order valence-electron chi connectivity index (χ1n) is 8.84. The summed E-state index contributed by atoms with van der Waals surface area (Å²) in [6, 6.07) is 11.8. The molecule has 1 aliphatic rings. The monoisotopic (exact) mass is 346 g/mol. The standard InChI is InChI=1S/C22H22N2O2/c1-12(25)13-5-7-19-17(9-13)21-16(11-20(26)23-19)15-10-14(22(2,3)4)6-8-18(15)24-21/h5-10,24H,11H2,1-4H3,(H,23,26). The van der Waals surface area contributed by atoms with Crippen LogP contribution in [-0.4, -0.2) is 16.7 Å². The van der Waals surface area contributed by atoms with Crippen LogP contribution in [-0.2, 0) is 16.6 Å². The van der Waals surface area contributed by atoms with Gasteiger partial charge in [-0.25, -0.2) is 0 Å². The number of benzene rings is 2. The number of nitrogens with one attached hydrogen (secondary N) is 2. The minimum absolute atomic E-state index is 0.0102. The number of hydrogen-bond donors (Lipinski definition) is 2. The second-order valence-corrected chi connectivity index (χ2v) is 8.03. The van der Waals surface area contributed by atoms with Crippen molar-refractivity contribution in [3.8, 4) is 11.3 Å². The molecule has 2 aromatic carbocycles. The van der Waals surface area contributed by atoms with Crippen molar-refractivity contribution in [2.24, 2.45) is 0 Å². The number of anilines is 1. The van der Waals surface area contributed by atoms with Gasteiger partial charge in [-0.3, -0.25) is 9.59 Å². The van der Waals surface area contributed by atoms with Gasteiger partial charge in [-0.2, -0.15) is 0 Å². The van der Waals surface area contributed by atoms with E-state index in [2.05, 4.69) is 49.3 Å². The van der Waals surface area contributed by atoms with E-state index in [-0.39, 0.29) is 17.1 Å². The highest BCUT2D eigenvalue weighted by atomic mass is 16.1. The number of Topliss-reactive ketones (excluding diaryl/α,β-unsaturated/α-hetero) is 1. The lowest BCUT2D eigenvalue weighted by Crippen LogP contribution is -2.13. The predicted molar refractivity (Wildman–Crippen MR) is 105 cm³/mol. The molecule has 0 aliphatic carbocycles. The molecule has 26 heavy (non-hydrogen) atoms. The first kappa shape index (κ1) is 16.6. The number of fused-ring (bicyclic) bond motifs is 5. The number of aromatic amines is 1. The lowest BCUT2D eigenvalue weighted by molar-refractivity contribution is -0.115. The Morgan fingerprint density at radius 3 is 2.54 bits per heavy atom. The van der Waals surface area contributed by atoms with Crippen molar-refractivity contribution in [3.05, 3.63) is 53.1 Å². The molecular formula is C22H22N2O2. The summed E-state index contributed by atoms with van der Waals surface area (Å²) in [5.41, 5.74) is 6.43. The van der Waals surface area contributed by atoms with E-state index in [1.54, 1.807) is 13.0 Å². The van der Waals surface area contributed by atoms with E-state index in [1.165, 1.54) is 5.56 Å². The highest BCUT2D eigenvalue weighted by molar-refractivity contribution is 6.07. The molecule has 4 heteroatoms. The van der Waals surface area contributed by atoms with Crippen molar-refractivity contribution in [2.45, 2.75) is 39.5 Å². The highest BCUT2D eigenvalue weighted by Gasteiger charge is 2.24. The molecule has 0 atom stereocenters. The Kier molecular flexibility index (Phi) is 3.55. The molecule has 0 spiro atoms. The van der Waals surface area contributed by atoms with Crippen LogP contribution in [0.25, 0.3) is 22.2 Å². The van der Waals surface area contributed by atoms with Crippen molar-refractivity contribution in [2.75, 3.05) is 5.32 Å². The first-order chi connectivity index (χ1) is 12.2. The van der Waals surface area contributed by atoms with Crippen LogP contribution in [0.15, 0.2) is 36.4 Å². The van der Waals surface area contributed by atoms with Crippen LogP contribution >= 0.6 is 0 Å². The molecule has 1 amide bonds. The summed E-state index contributed by atoms with van der Waals surface area (Å²) in [4.78, 5) is 27.8.